The van der Waals surface area contributed by atoms with Gasteiger partial charge in [0.05, 0.1) is 5.52 Å². The van der Waals surface area contributed by atoms with Crippen LogP contribution in [0.5, 0.6) is 5.75 Å². The third-order valence-electron chi connectivity index (χ3n) is 3.01. The highest BCUT2D eigenvalue weighted by atomic mass is 19.1. The van der Waals surface area contributed by atoms with Crippen LogP contribution in [0.3, 0.4) is 0 Å². The topological polar surface area (TPSA) is 42.1 Å². The molecule has 0 spiro atoms. The quantitative estimate of drug-likeness (QED) is 0.793. The van der Waals surface area contributed by atoms with Crippen LogP contribution in [0.25, 0.3) is 10.9 Å². The summed E-state index contributed by atoms with van der Waals surface area (Å²) in [7, 11) is 0. The van der Waals surface area contributed by atoms with Gasteiger partial charge in [0.1, 0.15) is 6.61 Å². The van der Waals surface area contributed by atoms with Crippen molar-refractivity contribution in [2.24, 2.45) is 0 Å². The zero-order valence-electron chi connectivity index (χ0n) is 10.6. The molecule has 20 heavy (non-hydrogen) atoms. The minimum absolute atomic E-state index is 0.128. The van der Waals surface area contributed by atoms with Crippen LogP contribution in [0, 0.1) is 5.82 Å². The van der Waals surface area contributed by atoms with Gasteiger partial charge in [-0.2, -0.15) is 0 Å². The van der Waals surface area contributed by atoms with E-state index in [1.165, 1.54) is 18.2 Å². The van der Waals surface area contributed by atoms with Crippen LogP contribution in [0.1, 0.15) is 5.56 Å². The second-order valence-corrected chi connectivity index (χ2v) is 4.47. The minimum atomic E-state index is -0.444. The molecule has 0 aliphatic carbocycles. The Hall–Kier alpha value is -2.62. The Labute approximate surface area is 114 Å². The van der Waals surface area contributed by atoms with Gasteiger partial charge in [0, 0.05) is 17.5 Å². The van der Waals surface area contributed by atoms with Crippen molar-refractivity contribution in [1.82, 2.24) is 4.98 Å². The van der Waals surface area contributed by atoms with Crippen LogP contribution < -0.4 is 10.3 Å². The number of hydrogen-bond acceptors (Lipinski definition) is 2. The van der Waals surface area contributed by atoms with Gasteiger partial charge in [-0.25, -0.2) is 4.39 Å². The fraction of sp³-hybridized carbons (Fsp3) is 0.0625. The summed E-state index contributed by atoms with van der Waals surface area (Å²) in [5, 5.41) is 0.633. The predicted octanol–water partition coefficient (Wildman–Crippen LogP) is 3.25. The van der Waals surface area contributed by atoms with Crippen LogP contribution in [0.15, 0.2) is 59.4 Å². The Morgan fingerprint density at radius 3 is 2.65 bits per heavy atom. The number of aromatic amines is 1. The zero-order valence-corrected chi connectivity index (χ0v) is 10.6. The van der Waals surface area contributed by atoms with Crippen molar-refractivity contribution in [3.8, 4) is 5.75 Å². The number of ether oxygens (including phenoxy) is 1. The van der Waals surface area contributed by atoms with Crippen molar-refractivity contribution in [3.63, 3.8) is 0 Å². The number of aromatic nitrogens is 1. The molecular weight excluding hydrogens is 257 g/mol. The molecule has 0 bridgehead atoms. The maximum Gasteiger partial charge on any atom is 0.248 e. The Morgan fingerprint density at radius 1 is 1.05 bits per heavy atom. The van der Waals surface area contributed by atoms with Crippen LogP contribution in [-0.2, 0) is 6.61 Å². The largest absolute Gasteiger partial charge is 0.486 e. The molecule has 0 radical (unpaired) electrons. The molecule has 3 nitrogen and oxygen atoms in total. The summed E-state index contributed by atoms with van der Waals surface area (Å²) in [6, 6.07) is 15.3. The van der Waals surface area contributed by atoms with E-state index in [0.29, 0.717) is 10.9 Å². The van der Waals surface area contributed by atoms with Crippen molar-refractivity contribution in [1.29, 1.82) is 0 Å². The van der Waals surface area contributed by atoms with Crippen molar-refractivity contribution in [2.45, 2.75) is 6.61 Å². The summed E-state index contributed by atoms with van der Waals surface area (Å²) in [6.07, 6.45) is 0. The number of rotatable bonds is 3. The number of hydrogen-bond donors (Lipinski definition) is 1. The third-order valence-corrected chi connectivity index (χ3v) is 3.01. The van der Waals surface area contributed by atoms with Gasteiger partial charge < -0.3 is 9.72 Å². The van der Waals surface area contributed by atoms with E-state index in [4.69, 9.17) is 4.74 Å². The van der Waals surface area contributed by atoms with E-state index in [2.05, 4.69) is 4.98 Å². The van der Waals surface area contributed by atoms with Gasteiger partial charge in [0.15, 0.2) is 11.6 Å². The van der Waals surface area contributed by atoms with E-state index in [0.717, 1.165) is 5.56 Å². The summed E-state index contributed by atoms with van der Waals surface area (Å²) in [5.41, 5.74) is 1.29. The molecule has 0 atom stereocenters. The number of pyridine rings is 1. The van der Waals surface area contributed by atoms with Gasteiger partial charge >= 0.3 is 0 Å². The molecular formula is C16H12FNO2. The Kier molecular flexibility index (Phi) is 3.21. The van der Waals surface area contributed by atoms with Gasteiger partial charge in [-0.15, -0.1) is 0 Å². The monoisotopic (exact) mass is 269 g/mol. The summed E-state index contributed by atoms with van der Waals surface area (Å²) in [6.45, 7) is 0.278. The molecule has 0 fully saturated rings. The highest BCUT2D eigenvalue weighted by molar-refractivity contribution is 5.79. The highest BCUT2D eigenvalue weighted by Crippen LogP contribution is 2.23. The molecule has 4 heteroatoms. The van der Waals surface area contributed by atoms with E-state index >= 15 is 0 Å². The fourth-order valence-electron chi connectivity index (χ4n) is 2.00. The normalized spacial score (nSPS) is 10.7. The SMILES string of the molecule is O=c1ccc2cc(F)c(OCc3ccccc3)cc2[nH]1. The number of halogens is 1. The van der Waals surface area contributed by atoms with Crippen LogP contribution in [0.4, 0.5) is 4.39 Å². The number of fused-ring (bicyclic) bond motifs is 1. The summed E-state index contributed by atoms with van der Waals surface area (Å²) in [4.78, 5) is 13.9. The predicted molar refractivity (Wildman–Crippen MR) is 75.3 cm³/mol. The molecule has 3 aromatic rings. The third kappa shape index (κ3) is 2.54. The maximum absolute atomic E-state index is 13.9. The molecule has 0 saturated carbocycles. The van der Waals surface area contributed by atoms with Crippen molar-refractivity contribution in [2.75, 3.05) is 0 Å². The van der Waals surface area contributed by atoms with Crippen molar-refractivity contribution in [3.05, 3.63) is 76.3 Å². The second-order valence-electron chi connectivity index (χ2n) is 4.47. The maximum atomic E-state index is 13.9. The first-order chi connectivity index (χ1) is 9.72. The first kappa shape index (κ1) is 12.4. The average molecular weight is 269 g/mol. The van der Waals surface area contributed by atoms with Gasteiger partial charge in [0.2, 0.25) is 5.56 Å². The Balaban J connectivity index is 1.91. The van der Waals surface area contributed by atoms with E-state index in [9.17, 15) is 9.18 Å². The molecule has 0 amide bonds. The fourth-order valence-corrected chi connectivity index (χ4v) is 2.00. The second kappa shape index (κ2) is 5.17. The van der Waals surface area contributed by atoms with Crippen LogP contribution in [-0.4, -0.2) is 4.98 Å². The van der Waals surface area contributed by atoms with Crippen molar-refractivity contribution >= 4 is 10.9 Å². The molecule has 3 rings (SSSR count). The van der Waals surface area contributed by atoms with E-state index in [1.54, 1.807) is 6.07 Å². The summed E-state index contributed by atoms with van der Waals surface area (Å²) >= 11 is 0. The summed E-state index contributed by atoms with van der Waals surface area (Å²) < 4.78 is 19.4. The van der Waals surface area contributed by atoms with E-state index < -0.39 is 5.82 Å². The van der Waals surface area contributed by atoms with Gasteiger partial charge in [0.25, 0.3) is 0 Å². The van der Waals surface area contributed by atoms with Gasteiger partial charge in [-0.05, 0) is 17.7 Å². The molecule has 0 aliphatic rings. The Bertz CT molecular complexity index is 796. The molecule has 100 valence electrons. The van der Waals surface area contributed by atoms with E-state index in [-0.39, 0.29) is 17.9 Å². The lowest BCUT2D eigenvalue weighted by molar-refractivity contribution is 0.291. The van der Waals surface area contributed by atoms with Crippen LogP contribution >= 0.6 is 0 Å². The molecule has 0 aliphatic heterocycles. The molecule has 1 heterocycles. The lowest BCUT2D eigenvalue weighted by atomic mass is 10.2. The number of H-pyrrole nitrogens is 1. The first-order valence-corrected chi connectivity index (χ1v) is 6.22. The molecule has 1 aromatic heterocycles. The highest BCUT2D eigenvalue weighted by Gasteiger charge is 2.07. The average Bonchev–Trinajstić information content (AvgIpc) is 2.46. The minimum Gasteiger partial charge on any atom is -0.486 e. The molecule has 2 aromatic carbocycles. The van der Waals surface area contributed by atoms with E-state index in [1.807, 2.05) is 30.3 Å². The molecule has 0 saturated heterocycles. The Morgan fingerprint density at radius 2 is 1.85 bits per heavy atom. The zero-order chi connectivity index (χ0) is 13.9. The smallest absolute Gasteiger partial charge is 0.248 e. The molecule has 1 N–H and O–H groups in total. The van der Waals surface area contributed by atoms with Crippen LogP contribution in [0.2, 0.25) is 0 Å². The van der Waals surface area contributed by atoms with Gasteiger partial charge in [-0.1, -0.05) is 30.3 Å². The lowest BCUT2D eigenvalue weighted by Crippen LogP contribution is -2.03. The standard InChI is InChI=1S/C16H12FNO2/c17-13-8-12-6-7-16(19)18-14(12)9-15(13)20-10-11-4-2-1-3-5-11/h1-9H,10H2,(H,18,19). The van der Waals surface area contributed by atoms with Crippen molar-refractivity contribution < 1.29 is 9.13 Å². The first-order valence-electron chi connectivity index (χ1n) is 6.22. The lowest BCUT2D eigenvalue weighted by Gasteiger charge is -2.08. The molecule has 0 unspecified atom stereocenters. The number of nitrogens with one attached hydrogen (secondary N) is 1. The van der Waals surface area contributed by atoms with Gasteiger partial charge in [-0.3, -0.25) is 4.79 Å². The number of benzene rings is 2. The summed E-state index contributed by atoms with van der Waals surface area (Å²) in [5.74, 6) is -0.316.